The third-order valence-electron chi connectivity index (χ3n) is 5.64. The summed E-state index contributed by atoms with van der Waals surface area (Å²) in [6, 6.07) is 18.2. The topological polar surface area (TPSA) is 79.7 Å². The van der Waals surface area contributed by atoms with Gasteiger partial charge in [-0.3, -0.25) is 9.36 Å². The molecule has 1 aromatic heterocycles. The van der Waals surface area contributed by atoms with Gasteiger partial charge in [0, 0.05) is 13.0 Å². The Morgan fingerprint density at radius 1 is 1.05 bits per heavy atom. The molecular formula is C28H26ClFN2O5. The number of carbonyl (C=O) groups is 1. The third-order valence-corrected chi connectivity index (χ3v) is 5.93. The zero-order valence-electron chi connectivity index (χ0n) is 20.4. The van der Waals surface area contributed by atoms with E-state index in [9.17, 15) is 14.0 Å². The summed E-state index contributed by atoms with van der Waals surface area (Å²) in [5.41, 5.74) is 1.46. The van der Waals surface area contributed by atoms with Crippen LogP contribution in [-0.4, -0.2) is 34.8 Å². The zero-order valence-corrected chi connectivity index (χ0v) is 21.2. The molecule has 3 aromatic carbocycles. The monoisotopic (exact) mass is 524 g/mol. The summed E-state index contributed by atoms with van der Waals surface area (Å²) in [4.78, 5) is 30.1. The normalized spacial score (nSPS) is 11.9. The van der Waals surface area contributed by atoms with Gasteiger partial charge in [-0.1, -0.05) is 35.9 Å². The Morgan fingerprint density at radius 2 is 1.81 bits per heavy atom. The van der Waals surface area contributed by atoms with Crippen molar-refractivity contribution in [1.82, 2.24) is 9.55 Å². The van der Waals surface area contributed by atoms with Crippen LogP contribution in [0.5, 0.6) is 5.75 Å². The fourth-order valence-corrected chi connectivity index (χ4v) is 4.07. The number of halogens is 2. The van der Waals surface area contributed by atoms with Crippen molar-refractivity contribution < 1.29 is 23.4 Å². The van der Waals surface area contributed by atoms with Crippen LogP contribution in [0.1, 0.15) is 25.2 Å². The summed E-state index contributed by atoms with van der Waals surface area (Å²) in [5.74, 6) is -0.112. The number of ether oxygens (including phenoxy) is 3. The number of rotatable bonds is 10. The summed E-state index contributed by atoms with van der Waals surface area (Å²) in [6.07, 6.45) is -0.320. The minimum atomic E-state index is -0.685. The van der Waals surface area contributed by atoms with Gasteiger partial charge in [-0.05, 0) is 61.9 Å². The fraction of sp³-hybridized carbons (Fsp3) is 0.250. The Morgan fingerprint density at radius 3 is 2.51 bits per heavy atom. The first-order valence-corrected chi connectivity index (χ1v) is 12.2. The van der Waals surface area contributed by atoms with Crippen molar-refractivity contribution >= 4 is 28.5 Å². The lowest BCUT2D eigenvalue weighted by molar-refractivity contribution is -0.156. The van der Waals surface area contributed by atoms with Crippen LogP contribution in [0.15, 0.2) is 71.5 Å². The molecule has 0 saturated heterocycles. The van der Waals surface area contributed by atoms with Gasteiger partial charge in [-0.2, -0.15) is 0 Å². The second-order valence-corrected chi connectivity index (χ2v) is 8.52. The summed E-state index contributed by atoms with van der Waals surface area (Å²) in [7, 11) is 0. The van der Waals surface area contributed by atoms with Crippen molar-refractivity contribution in [2.45, 2.75) is 33.0 Å². The number of esters is 1. The van der Waals surface area contributed by atoms with E-state index < -0.39 is 17.9 Å². The molecule has 0 aliphatic rings. The Labute approximate surface area is 218 Å². The van der Waals surface area contributed by atoms with Crippen molar-refractivity contribution in [3.05, 3.63) is 99.3 Å². The first kappa shape index (κ1) is 26.3. The quantitative estimate of drug-likeness (QED) is 0.263. The van der Waals surface area contributed by atoms with Gasteiger partial charge in [0.2, 0.25) is 0 Å². The molecule has 1 unspecified atom stereocenters. The Bertz CT molecular complexity index is 1460. The lowest BCUT2D eigenvalue weighted by atomic mass is 10.1. The molecule has 0 radical (unpaired) electrons. The van der Waals surface area contributed by atoms with E-state index in [0.717, 1.165) is 5.56 Å². The van der Waals surface area contributed by atoms with Crippen LogP contribution >= 0.6 is 11.6 Å². The summed E-state index contributed by atoms with van der Waals surface area (Å²) in [5, 5.41) is 0.315. The van der Waals surface area contributed by atoms with Gasteiger partial charge >= 0.3 is 5.97 Å². The molecule has 1 atom stereocenters. The molecule has 4 rings (SSSR count). The fourth-order valence-electron chi connectivity index (χ4n) is 3.90. The van der Waals surface area contributed by atoms with Gasteiger partial charge in [0.25, 0.3) is 5.56 Å². The molecule has 0 spiro atoms. The van der Waals surface area contributed by atoms with E-state index in [1.54, 1.807) is 43.3 Å². The number of fused-ring (bicyclic) bond motifs is 1. The van der Waals surface area contributed by atoms with Crippen molar-refractivity contribution in [2.24, 2.45) is 0 Å². The molecule has 0 bridgehead atoms. The first-order valence-electron chi connectivity index (χ1n) is 11.9. The van der Waals surface area contributed by atoms with Crippen LogP contribution < -0.4 is 10.3 Å². The van der Waals surface area contributed by atoms with Crippen LogP contribution in [0.4, 0.5) is 4.39 Å². The minimum absolute atomic E-state index is 0.0290. The molecule has 0 N–H and O–H groups in total. The van der Waals surface area contributed by atoms with Crippen LogP contribution in [0, 0.1) is 5.82 Å². The number of para-hydroxylation sites is 1. The Balaban J connectivity index is 1.58. The van der Waals surface area contributed by atoms with E-state index >= 15 is 0 Å². The number of benzene rings is 3. The molecule has 0 amide bonds. The van der Waals surface area contributed by atoms with Crippen LogP contribution in [0.2, 0.25) is 5.02 Å². The van der Waals surface area contributed by atoms with Gasteiger partial charge < -0.3 is 14.2 Å². The summed E-state index contributed by atoms with van der Waals surface area (Å²) in [6.45, 7) is 4.22. The Kier molecular flexibility index (Phi) is 8.53. The lowest BCUT2D eigenvalue weighted by Crippen LogP contribution is -2.28. The van der Waals surface area contributed by atoms with Gasteiger partial charge in [-0.15, -0.1) is 0 Å². The number of hydrogen-bond acceptors (Lipinski definition) is 6. The molecule has 7 nitrogen and oxygen atoms in total. The molecular weight excluding hydrogens is 499 g/mol. The highest BCUT2D eigenvalue weighted by molar-refractivity contribution is 6.30. The molecule has 1 heterocycles. The molecule has 0 aliphatic carbocycles. The summed E-state index contributed by atoms with van der Waals surface area (Å²) >= 11 is 5.99. The number of nitrogens with zero attached hydrogens (tertiary/aromatic N) is 2. The highest BCUT2D eigenvalue weighted by atomic mass is 35.5. The van der Waals surface area contributed by atoms with Crippen LogP contribution in [-0.2, 0) is 27.3 Å². The standard InChI is InChI=1S/C28H26ClFN2O5/c1-3-35-25(28(34)36-4-2)15-18-9-12-20(13-10-18)37-17-26-31-24-8-6-5-7-21(24)27(33)32(26)19-11-14-23(30)22(29)16-19/h5-14,16,25H,3-4,15,17H2,1-2H3. The first-order chi connectivity index (χ1) is 17.9. The van der Waals surface area contributed by atoms with Gasteiger partial charge in [0.15, 0.2) is 11.9 Å². The predicted molar refractivity (Wildman–Crippen MR) is 139 cm³/mol. The van der Waals surface area contributed by atoms with Gasteiger partial charge in [0.1, 0.15) is 18.2 Å². The highest BCUT2D eigenvalue weighted by Crippen LogP contribution is 2.21. The van der Waals surface area contributed by atoms with E-state index in [2.05, 4.69) is 4.98 Å². The van der Waals surface area contributed by atoms with Gasteiger partial charge in [-0.25, -0.2) is 14.2 Å². The molecule has 0 aliphatic heterocycles. The number of hydrogen-bond donors (Lipinski definition) is 0. The molecule has 0 fully saturated rings. The van der Waals surface area contributed by atoms with E-state index in [1.165, 1.54) is 22.8 Å². The third kappa shape index (κ3) is 6.15. The van der Waals surface area contributed by atoms with E-state index in [-0.39, 0.29) is 23.8 Å². The SMILES string of the molecule is CCOC(=O)C(Cc1ccc(OCc2nc3ccccc3c(=O)n2-c2ccc(F)c(Cl)c2)cc1)OCC. The largest absolute Gasteiger partial charge is 0.486 e. The summed E-state index contributed by atoms with van der Waals surface area (Å²) < 4.78 is 31.7. The van der Waals surface area contributed by atoms with E-state index in [0.29, 0.717) is 41.2 Å². The average molecular weight is 525 g/mol. The average Bonchev–Trinajstić information content (AvgIpc) is 2.90. The van der Waals surface area contributed by atoms with E-state index in [1.807, 2.05) is 19.1 Å². The van der Waals surface area contributed by atoms with Crippen molar-refractivity contribution in [3.8, 4) is 11.4 Å². The van der Waals surface area contributed by atoms with Crippen molar-refractivity contribution in [3.63, 3.8) is 0 Å². The second kappa shape index (κ2) is 12.0. The maximum atomic E-state index is 13.8. The lowest BCUT2D eigenvalue weighted by Gasteiger charge is -2.16. The molecule has 0 saturated carbocycles. The second-order valence-electron chi connectivity index (χ2n) is 8.12. The highest BCUT2D eigenvalue weighted by Gasteiger charge is 2.20. The minimum Gasteiger partial charge on any atom is -0.486 e. The maximum Gasteiger partial charge on any atom is 0.335 e. The Hall–Kier alpha value is -3.75. The maximum absolute atomic E-state index is 13.8. The molecule has 192 valence electrons. The number of aromatic nitrogens is 2. The number of carbonyl (C=O) groups excluding carboxylic acids is 1. The zero-order chi connectivity index (χ0) is 26.4. The molecule has 9 heteroatoms. The smallest absolute Gasteiger partial charge is 0.335 e. The van der Waals surface area contributed by atoms with Crippen molar-refractivity contribution in [2.75, 3.05) is 13.2 Å². The van der Waals surface area contributed by atoms with E-state index in [4.69, 9.17) is 25.8 Å². The van der Waals surface area contributed by atoms with Crippen LogP contribution in [0.25, 0.3) is 16.6 Å². The van der Waals surface area contributed by atoms with Crippen LogP contribution in [0.3, 0.4) is 0 Å². The van der Waals surface area contributed by atoms with Gasteiger partial charge in [0.05, 0.1) is 28.2 Å². The predicted octanol–water partition coefficient (Wildman–Crippen LogP) is 5.27. The molecule has 4 aromatic rings. The molecule has 37 heavy (non-hydrogen) atoms. The van der Waals surface area contributed by atoms with Crippen molar-refractivity contribution in [1.29, 1.82) is 0 Å².